The van der Waals surface area contributed by atoms with Gasteiger partial charge in [-0.05, 0) is 29.8 Å². The van der Waals surface area contributed by atoms with Crippen molar-refractivity contribution in [1.82, 2.24) is 9.55 Å². The highest BCUT2D eigenvalue weighted by Crippen LogP contribution is 2.25. The molecule has 2 aromatic carbocycles. The molecule has 3 aromatic rings. The van der Waals surface area contributed by atoms with Gasteiger partial charge in [0.05, 0.1) is 23.5 Å². The predicted molar refractivity (Wildman–Crippen MR) is 75.4 cm³/mol. The Bertz CT molecular complexity index is 827. The molecule has 3 rings (SSSR count). The number of aryl methyl sites for hydroxylation is 1. The Hall–Kier alpha value is -2.67. The standard InChI is InChI=1S/C16H12FN3/c1-20-15-9-11(7-8-18)5-6-14(15)19-16(20)12-3-2-4-13(17)10-12/h2-6,9-10H,7H2,1H3. The molecular weight excluding hydrogens is 253 g/mol. The highest BCUT2D eigenvalue weighted by molar-refractivity contribution is 5.81. The molecule has 1 aromatic heterocycles. The zero-order valence-corrected chi connectivity index (χ0v) is 11.0. The normalized spacial score (nSPS) is 10.7. The first-order valence-electron chi connectivity index (χ1n) is 6.27. The van der Waals surface area contributed by atoms with E-state index in [4.69, 9.17) is 5.26 Å². The Morgan fingerprint density at radius 2 is 2.10 bits per heavy atom. The van der Waals surface area contributed by atoms with Crippen molar-refractivity contribution in [1.29, 1.82) is 5.26 Å². The lowest BCUT2D eigenvalue weighted by Gasteiger charge is -2.03. The summed E-state index contributed by atoms with van der Waals surface area (Å²) in [7, 11) is 1.89. The highest BCUT2D eigenvalue weighted by Gasteiger charge is 2.10. The monoisotopic (exact) mass is 265 g/mol. The molecule has 3 nitrogen and oxygen atoms in total. The number of aromatic nitrogens is 2. The van der Waals surface area contributed by atoms with Crippen LogP contribution in [0, 0.1) is 17.1 Å². The first kappa shape index (κ1) is 12.4. The largest absolute Gasteiger partial charge is 0.327 e. The van der Waals surface area contributed by atoms with Gasteiger partial charge in [0.2, 0.25) is 0 Å². The molecule has 1 heterocycles. The van der Waals surface area contributed by atoms with Crippen molar-refractivity contribution in [3.8, 4) is 17.5 Å². The van der Waals surface area contributed by atoms with E-state index in [1.807, 2.05) is 35.9 Å². The molecule has 0 radical (unpaired) electrons. The van der Waals surface area contributed by atoms with Crippen molar-refractivity contribution < 1.29 is 4.39 Å². The van der Waals surface area contributed by atoms with E-state index in [1.165, 1.54) is 12.1 Å². The van der Waals surface area contributed by atoms with E-state index in [1.54, 1.807) is 6.07 Å². The van der Waals surface area contributed by atoms with Gasteiger partial charge in [-0.15, -0.1) is 0 Å². The second-order valence-electron chi connectivity index (χ2n) is 4.66. The van der Waals surface area contributed by atoms with E-state index in [0.717, 1.165) is 22.2 Å². The van der Waals surface area contributed by atoms with Crippen molar-refractivity contribution in [2.24, 2.45) is 7.05 Å². The minimum Gasteiger partial charge on any atom is -0.327 e. The molecule has 0 saturated heterocycles. The van der Waals surface area contributed by atoms with Crippen molar-refractivity contribution in [2.75, 3.05) is 0 Å². The minimum atomic E-state index is -0.278. The third kappa shape index (κ3) is 2.04. The Morgan fingerprint density at radius 3 is 2.85 bits per heavy atom. The molecular formula is C16H12FN3. The van der Waals surface area contributed by atoms with Gasteiger partial charge in [0, 0.05) is 12.6 Å². The maximum atomic E-state index is 13.3. The molecule has 0 amide bonds. The molecule has 0 atom stereocenters. The smallest absolute Gasteiger partial charge is 0.140 e. The number of nitriles is 1. The van der Waals surface area contributed by atoms with E-state index in [9.17, 15) is 4.39 Å². The number of rotatable bonds is 2. The summed E-state index contributed by atoms with van der Waals surface area (Å²) >= 11 is 0. The quantitative estimate of drug-likeness (QED) is 0.712. The molecule has 0 aliphatic carbocycles. The van der Waals surface area contributed by atoms with Crippen LogP contribution in [0.3, 0.4) is 0 Å². The van der Waals surface area contributed by atoms with Crippen molar-refractivity contribution in [2.45, 2.75) is 6.42 Å². The van der Waals surface area contributed by atoms with Crippen LogP contribution in [-0.4, -0.2) is 9.55 Å². The molecule has 0 aliphatic rings. The van der Waals surface area contributed by atoms with Crippen LogP contribution in [0.15, 0.2) is 42.5 Å². The number of halogens is 1. The summed E-state index contributed by atoms with van der Waals surface area (Å²) in [6.45, 7) is 0. The number of imidazole rings is 1. The Labute approximate surface area is 115 Å². The van der Waals surface area contributed by atoms with Gasteiger partial charge < -0.3 is 4.57 Å². The lowest BCUT2D eigenvalue weighted by molar-refractivity contribution is 0.628. The average molecular weight is 265 g/mol. The van der Waals surface area contributed by atoms with Gasteiger partial charge in [-0.1, -0.05) is 18.2 Å². The van der Waals surface area contributed by atoms with Crippen LogP contribution in [0.1, 0.15) is 5.56 Å². The van der Waals surface area contributed by atoms with Crippen LogP contribution in [0.4, 0.5) is 4.39 Å². The SMILES string of the molecule is Cn1c(-c2cccc(F)c2)nc2ccc(CC#N)cc21. The molecule has 20 heavy (non-hydrogen) atoms. The van der Waals surface area contributed by atoms with Crippen molar-refractivity contribution in [3.63, 3.8) is 0 Å². The van der Waals surface area contributed by atoms with Crippen molar-refractivity contribution >= 4 is 11.0 Å². The van der Waals surface area contributed by atoms with Gasteiger partial charge in [-0.3, -0.25) is 0 Å². The predicted octanol–water partition coefficient (Wildman–Crippen LogP) is 3.45. The average Bonchev–Trinajstić information content (AvgIpc) is 2.77. The first-order chi connectivity index (χ1) is 9.69. The number of hydrogen-bond acceptors (Lipinski definition) is 2. The Balaban J connectivity index is 2.18. The topological polar surface area (TPSA) is 41.6 Å². The minimum absolute atomic E-state index is 0.278. The van der Waals surface area contributed by atoms with Crippen molar-refractivity contribution in [3.05, 3.63) is 53.8 Å². The van der Waals surface area contributed by atoms with E-state index in [0.29, 0.717) is 12.2 Å². The molecule has 4 heteroatoms. The lowest BCUT2D eigenvalue weighted by atomic mass is 10.1. The highest BCUT2D eigenvalue weighted by atomic mass is 19.1. The summed E-state index contributed by atoms with van der Waals surface area (Å²) in [4.78, 5) is 4.54. The van der Waals surface area contributed by atoms with Gasteiger partial charge >= 0.3 is 0 Å². The van der Waals surface area contributed by atoms with Crippen LogP contribution in [0.25, 0.3) is 22.4 Å². The zero-order valence-electron chi connectivity index (χ0n) is 11.0. The third-order valence-corrected chi connectivity index (χ3v) is 3.31. The maximum absolute atomic E-state index is 13.3. The maximum Gasteiger partial charge on any atom is 0.140 e. The molecule has 0 N–H and O–H groups in total. The number of benzene rings is 2. The third-order valence-electron chi connectivity index (χ3n) is 3.31. The molecule has 0 unspecified atom stereocenters. The molecule has 0 bridgehead atoms. The Kier molecular flexibility index (Phi) is 2.96. The van der Waals surface area contributed by atoms with Crippen LogP contribution < -0.4 is 0 Å². The van der Waals surface area contributed by atoms with Gasteiger partial charge in [-0.25, -0.2) is 9.37 Å². The number of fused-ring (bicyclic) bond motifs is 1. The van der Waals surface area contributed by atoms with Crippen LogP contribution in [-0.2, 0) is 13.5 Å². The summed E-state index contributed by atoms with van der Waals surface area (Å²) in [6.07, 6.45) is 0.371. The number of hydrogen-bond donors (Lipinski definition) is 0. The fourth-order valence-corrected chi connectivity index (χ4v) is 2.32. The summed E-state index contributed by atoms with van der Waals surface area (Å²) in [5.41, 5.74) is 3.48. The van der Waals surface area contributed by atoms with Crippen LogP contribution in [0.5, 0.6) is 0 Å². The summed E-state index contributed by atoms with van der Waals surface area (Å²) in [6, 6.07) is 14.3. The molecule has 0 fully saturated rings. The van der Waals surface area contributed by atoms with E-state index >= 15 is 0 Å². The summed E-state index contributed by atoms with van der Waals surface area (Å²) < 4.78 is 15.3. The lowest BCUT2D eigenvalue weighted by Crippen LogP contribution is -1.93. The van der Waals surface area contributed by atoms with E-state index in [-0.39, 0.29) is 5.82 Å². The molecule has 0 spiro atoms. The van der Waals surface area contributed by atoms with Gasteiger partial charge in [0.15, 0.2) is 0 Å². The zero-order chi connectivity index (χ0) is 14.1. The molecule has 98 valence electrons. The summed E-state index contributed by atoms with van der Waals surface area (Å²) in [5.74, 6) is 0.438. The van der Waals surface area contributed by atoms with Crippen LogP contribution in [0.2, 0.25) is 0 Å². The van der Waals surface area contributed by atoms with E-state index < -0.39 is 0 Å². The summed E-state index contributed by atoms with van der Waals surface area (Å²) in [5, 5.41) is 8.76. The second-order valence-corrected chi connectivity index (χ2v) is 4.66. The molecule has 0 aliphatic heterocycles. The second kappa shape index (κ2) is 4.78. The first-order valence-corrected chi connectivity index (χ1v) is 6.27. The van der Waals surface area contributed by atoms with Gasteiger partial charge in [0.25, 0.3) is 0 Å². The van der Waals surface area contributed by atoms with Gasteiger partial charge in [-0.2, -0.15) is 5.26 Å². The fourth-order valence-electron chi connectivity index (χ4n) is 2.32. The van der Waals surface area contributed by atoms with Crippen LogP contribution >= 0.6 is 0 Å². The number of nitrogens with zero attached hydrogens (tertiary/aromatic N) is 3. The molecule has 0 saturated carbocycles. The van der Waals surface area contributed by atoms with E-state index in [2.05, 4.69) is 11.1 Å². The van der Waals surface area contributed by atoms with Gasteiger partial charge in [0.1, 0.15) is 11.6 Å². The Morgan fingerprint density at radius 1 is 1.25 bits per heavy atom. The fraction of sp³-hybridized carbons (Fsp3) is 0.125.